The van der Waals surface area contributed by atoms with Crippen molar-refractivity contribution in [1.29, 1.82) is 0 Å². The first-order chi connectivity index (χ1) is 19.6. The van der Waals surface area contributed by atoms with Crippen molar-refractivity contribution in [3.8, 4) is 0 Å². The molecule has 3 unspecified atom stereocenters. The van der Waals surface area contributed by atoms with Crippen molar-refractivity contribution in [2.45, 2.75) is 214 Å². The van der Waals surface area contributed by atoms with Crippen LogP contribution >= 0.6 is 0 Å². The Morgan fingerprint density at radius 2 is 0.775 bits per heavy atom. The van der Waals surface area contributed by atoms with Crippen molar-refractivity contribution in [3.05, 3.63) is 0 Å². The fourth-order valence-electron chi connectivity index (χ4n) is 6.36. The van der Waals surface area contributed by atoms with Gasteiger partial charge in [0.05, 0.1) is 12.5 Å². The molecule has 40 heavy (non-hydrogen) atoms. The summed E-state index contributed by atoms with van der Waals surface area (Å²) in [5.41, 5.74) is 0. The van der Waals surface area contributed by atoms with Crippen molar-refractivity contribution in [2.75, 3.05) is 6.61 Å². The average molecular weight is 565 g/mol. The number of ether oxygens (including phenoxy) is 1. The van der Waals surface area contributed by atoms with Gasteiger partial charge in [-0.05, 0) is 37.5 Å². The molecule has 0 amide bonds. The Morgan fingerprint density at radius 3 is 1.25 bits per heavy atom. The highest BCUT2D eigenvalue weighted by molar-refractivity contribution is 5.72. The van der Waals surface area contributed by atoms with Crippen LogP contribution in [0.15, 0.2) is 0 Å². The number of rotatable bonds is 32. The van der Waals surface area contributed by atoms with E-state index in [1.165, 1.54) is 167 Å². The first kappa shape index (κ1) is 39.5. The Labute approximate surface area is 254 Å². The van der Waals surface area contributed by atoms with Crippen LogP contribution in [0.5, 0.6) is 0 Å². The van der Waals surface area contributed by atoms with Gasteiger partial charge in [-0.3, -0.25) is 4.79 Å². The monoisotopic (exact) mass is 565 g/mol. The zero-order chi connectivity index (χ0) is 29.5. The molecule has 0 N–H and O–H groups in total. The first-order valence-corrected chi connectivity index (χ1v) is 18.8. The predicted molar refractivity (Wildman–Crippen MR) is 179 cm³/mol. The van der Waals surface area contributed by atoms with E-state index < -0.39 is 0 Å². The van der Waals surface area contributed by atoms with Gasteiger partial charge in [0.2, 0.25) is 0 Å². The second-order valence-corrected chi connectivity index (χ2v) is 13.2. The topological polar surface area (TPSA) is 26.3 Å². The average Bonchev–Trinajstić information content (AvgIpc) is 2.96. The summed E-state index contributed by atoms with van der Waals surface area (Å²) in [6.45, 7) is 12.2. The zero-order valence-corrected chi connectivity index (χ0v) is 28.6. The van der Waals surface area contributed by atoms with E-state index in [0.717, 1.165) is 18.8 Å². The number of hydrogen-bond acceptors (Lipinski definition) is 2. The van der Waals surface area contributed by atoms with E-state index in [0.29, 0.717) is 12.5 Å². The lowest BCUT2D eigenvalue weighted by Crippen LogP contribution is -2.23. The molecule has 240 valence electrons. The van der Waals surface area contributed by atoms with Gasteiger partial charge in [0.15, 0.2) is 0 Å². The lowest BCUT2D eigenvalue weighted by Gasteiger charge is -2.25. The van der Waals surface area contributed by atoms with Crippen LogP contribution in [0.1, 0.15) is 214 Å². The van der Waals surface area contributed by atoms with E-state index in [4.69, 9.17) is 4.74 Å². The zero-order valence-electron chi connectivity index (χ0n) is 28.6. The van der Waals surface area contributed by atoms with Crippen LogP contribution in [0.3, 0.4) is 0 Å². The molecule has 0 heterocycles. The molecule has 0 spiro atoms. The highest BCUT2D eigenvalue weighted by atomic mass is 16.5. The summed E-state index contributed by atoms with van der Waals surface area (Å²) in [4.78, 5) is 13.4. The summed E-state index contributed by atoms with van der Waals surface area (Å²) in [6, 6.07) is 0. The summed E-state index contributed by atoms with van der Waals surface area (Å²) in [5, 5.41) is 0. The van der Waals surface area contributed by atoms with Gasteiger partial charge in [0, 0.05) is 0 Å². The largest absolute Gasteiger partial charge is 0.465 e. The Kier molecular flexibility index (Phi) is 31.0. The van der Waals surface area contributed by atoms with Crippen LogP contribution < -0.4 is 0 Å². The Morgan fingerprint density at radius 1 is 0.425 bits per heavy atom. The Balaban J connectivity index is 4.87. The molecule has 0 aromatic carbocycles. The van der Waals surface area contributed by atoms with Gasteiger partial charge in [-0.15, -0.1) is 0 Å². The second kappa shape index (κ2) is 31.4. The van der Waals surface area contributed by atoms with E-state index in [9.17, 15) is 4.79 Å². The maximum atomic E-state index is 13.4. The van der Waals surface area contributed by atoms with Crippen LogP contribution in [-0.4, -0.2) is 12.6 Å². The molecule has 0 rings (SSSR count). The number of carbonyl (C=O) groups excluding carboxylic acids is 1. The van der Waals surface area contributed by atoms with E-state index in [1.54, 1.807) is 0 Å². The SMILES string of the molecule is CCCCCCCCCCC(CCCCCCCC)C(=O)OCC(CCCC)CC(CCCC)CCCCCC. The van der Waals surface area contributed by atoms with Crippen LogP contribution in [0.2, 0.25) is 0 Å². The molecular weight excluding hydrogens is 488 g/mol. The molecule has 0 saturated heterocycles. The summed E-state index contributed by atoms with van der Waals surface area (Å²) in [6.07, 6.45) is 36.3. The fraction of sp³-hybridized carbons (Fsp3) is 0.974. The van der Waals surface area contributed by atoms with Gasteiger partial charge in [0.1, 0.15) is 0 Å². The Bertz CT molecular complexity index is 502. The van der Waals surface area contributed by atoms with Crippen molar-refractivity contribution in [1.82, 2.24) is 0 Å². The van der Waals surface area contributed by atoms with Crippen molar-refractivity contribution in [2.24, 2.45) is 17.8 Å². The molecule has 0 saturated carbocycles. The van der Waals surface area contributed by atoms with Crippen molar-refractivity contribution < 1.29 is 9.53 Å². The van der Waals surface area contributed by atoms with Gasteiger partial charge in [-0.25, -0.2) is 0 Å². The summed E-state index contributed by atoms with van der Waals surface area (Å²) in [7, 11) is 0. The maximum absolute atomic E-state index is 13.4. The highest BCUT2D eigenvalue weighted by Crippen LogP contribution is 2.28. The van der Waals surface area contributed by atoms with Crippen molar-refractivity contribution >= 4 is 5.97 Å². The van der Waals surface area contributed by atoms with Gasteiger partial charge < -0.3 is 4.74 Å². The summed E-state index contributed by atoms with van der Waals surface area (Å²) in [5.74, 6) is 1.62. The molecule has 0 fully saturated rings. The van der Waals surface area contributed by atoms with Crippen LogP contribution in [0, 0.1) is 17.8 Å². The second-order valence-electron chi connectivity index (χ2n) is 13.2. The van der Waals surface area contributed by atoms with Gasteiger partial charge in [-0.2, -0.15) is 0 Å². The molecule has 2 nitrogen and oxygen atoms in total. The molecule has 0 radical (unpaired) electrons. The number of esters is 1. The standard InChI is InChI=1S/C38H76O2/c1-6-11-16-19-21-22-24-27-32-37(31-26-23-20-17-12-7-2)38(39)40-34-36(29-15-10-5)33-35(28-14-9-4)30-25-18-13-8-3/h35-37H,6-34H2,1-5H3. The maximum Gasteiger partial charge on any atom is 0.308 e. The molecule has 0 aliphatic heterocycles. The predicted octanol–water partition coefficient (Wildman–Crippen LogP) is 13.4. The molecule has 0 aliphatic carbocycles. The fourth-order valence-corrected chi connectivity index (χ4v) is 6.36. The van der Waals surface area contributed by atoms with E-state index in [1.807, 2.05) is 0 Å². The third-order valence-electron chi connectivity index (χ3n) is 9.17. The van der Waals surface area contributed by atoms with E-state index in [2.05, 4.69) is 34.6 Å². The third kappa shape index (κ3) is 25.2. The first-order valence-electron chi connectivity index (χ1n) is 18.8. The van der Waals surface area contributed by atoms with Crippen molar-refractivity contribution in [3.63, 3.8) is 0 Å². The minimum absolute atomic E-state index is 0.128. The quantitative estimate of drug-likeness (QED) is 0.0600. The Hall–Kier alpha value is -0.530. The van der Waals surface area contributed by atoms with Gasteiger partial charge in [0.25, 0.3) is 0 Å². The summed E-state index contributed by atoms with van der Waals surface area (Å²) >= 11 is 0. The minimum Gasteiger partial charge on any atom is -0.465 e. The molecule has 0 bridgehead atoms. The highest BCUT2D eigenvalue weighted by Gasteiger charge is 2.23. The van der Waals surface area contributed by atoms with E-state index in [-0.39, 0.29) is 11.9 Å². The molecule has 3 atom stereocenters. The number of unbranched alkanes of at least 4 members (excludes halogenated alkanes) is 17. The minimum atomic E-state index is 0.128. The number of hydrogen-bond donors (Lipinski definition) is 0. The number of carbonyl (C=O) groups is 1. The molecule has 0 aromatic heterocycles. The van der Waals surface area contributed by atoms with E-state index >= 15 is 0 Å². The lowest BCUT2D eigenvalue weighted by atomic mass is 9.85. The molecule has 0 aliphatic rings. The smallest absolute Gasteiger partial charge is 0.308 e. The van der Waals surface area contributed by atoms with Gasteiger partial charge >= 0.3 is 5.97 Å². The van der Waals surface area contributed by atoms with Crippen LogP contribution in [-0.2, 0) is 9.53 Å². The van der Waals surface area contributed by atoms with Gasteiger partial charge in [-0.1, -0.05) is 189 Å². The molecule has 0 aromatic rings. The lowest BCUT2D eigenvalue weighted by molar-refractivity contribution is -0.151. The molecular formula is C38H76O2. The van der Waals surface area contributed by atoms with Crippen LogP contribution in [0.25, 0.3) is 0 Å². The molecule has 2 heteroatoms. The third-order valence-corrected chi connectivity index (χ3v) is 9.17. The summed E-state index contributed by atoms with van der Waals surface area (Å²) < 4.78 is 6.19. The van der Waals surface area contributed by atoms with Crippen LogP contribution in [0.4, 0.5) is 0 Å². The normalized spacial score (nSPS) is 13.8.